The summed E-state index contributed by atoms with van der Waals surface area (Å²) in [6, 6.07) is 1.79. The fourth-order valence-electron chi connectivity index (χ4n) is 2.96. The van der Waals surface area contributed by atoms with Crippen molar-refractivity contribution >= 4 is 21.6 Å². The topological polar surface area (TPSA) is 42.3 Å². The first kappa shape index (κ1) is 15.9. The molecule has 0 bridgehead atoms. The number of sulfonamides is 1. The molecule has 6 heteroatoms. The van der Waals surface area contributed by atoms with E-state index in [0.29, 0.717) is 23.2 Å². The SMILES string of the molecule is CCCn1cc(S(=O)(=O)N2CC(C)CC2C)cc1CCl. The molecule has 1 aliphatic heterocycles. The quantitative estimate of drug-likeness (QED) is 0.783. The molecule has 1 saturated heterocycles. The Morgan fingerprint density at radius 2 is 2.10 bits per heavy atom. The standard InChI is InChI=1S/C14H23ClN2O2S/c1-4-5-16-10-14(7-13(16)8-15)20(18,19)17-9-11(2)6-12(17)3/h7,10-12H,4-6,8-9H2,1-3H3. The van der Waals surface area contributed by atoms with Crippen LogP contribution < -0.4 is 0 Å². The van der Waals surface area contributed by atoms with Gasteiger partial charge in [0.1, 0.15) is 4.90 Å². The fourth-order valence-corrected chi connectivity index (χ4v) is 5.02. The van der Waals surface area contributed by atoms with Crippen LogP contribution in [0.15, 0.2) is 17.2 Å². The van der Waals surface area contributed by atoms with E-state index in [9.17, 15) is 8.42 Å². The zero-order valence-corrected chi connectivity index (χ0v) is 13.9. The lowest BCUT2D eigenvalue weighted by atomic mass is 10.1. The lowest BCUT2D eigenvalue weighted by Gasteiger charge is -2.20. The highest BCUT2D eigenvalue weighted by molar-refractivity contribution is 7.89. The average Bonchev–Trinajstić information content (AvgIpc) is 2.94. The molecule has 1 aliphatic rings. The van der Waals surface area contributed by atoms with Crippen LogP contribution in [-0.2, 0) is 22.4 Å². The van der Waals surface area contributed by atoms with Gasteiger partial charge < -0.3 is 4.57 Å². The summed E-state index contributed by atoms with van der Waals surface area (Å²) in [5.41, 5.74) is 0.868. The molecule has 2 heterocycles. The minimum absolute atomic E-state index is 0.0731. The lowest BCUT2D eigenvalue weighted by molar-refractivity contribution is 0.405. The molecule has 4 nitrogen and oxygen atoms in total. The molecule has 2 unspecified atom stereocenters. The molecular formula is C14H23ClN2O2S. The summed E-state index contributed by atoms with van der Waals surface area (Å²) in [6.45, 7) is 7.55. The van der Waals surface area contributed by atoms with Crippen LogP contribution >= 0.6 is 11.6 Å². The number of halogens is 1. The van der Waals surface area contributed by atoms with Gasteiger partial charge in [-0.05, 0) is 31.7 Å². The molecule has 114 valence electrons. The first-order chi connectivity index (χ1) is 9.40. The highest BCUT2D eigenvalue weighted by Crippen LogP contribution is 2.30. The second kappa shape index (κ2) is 6.08. The van der Waals surface area contributed by atoms with Crippen molar-refractivity contribution in [1.82, 2.24) is 8.87 Å². The third-order valence-electron chi connectivity index (χ3n) is 3.90. The van der Waals surface area contributed by atoms with Gasteiger partial charge in [0, 0.05) is 31.0 Å². The molecule has 0 spiro atoms. The molecule has 2 atom stereocenters. The van der Waals surface area contributed by atoms with Gasteiger partial charge in [-0.15, -0.1) is 11.6 Å². The van der Waals surface area contributed by atoms with Crippen LogP contribution in [-0.4, -0.2) is 29.9 Å². The van der Waals surface area contributed by atoms with E-state index in [2.05, 4.69) is 13.8 Å². The van der Waals surface area contributed by atoms with Crippen molar-refractivity contribution in [3.63, 3.8) is 0 Å². The molecule has 1 fully saturated rings. The van der Waals surface area contributed by atoms with Gasteiger partial charge in [-0.1, -0.05) is 13.8 Å². The third kappa shape index (κ3) is 2.90. The van der Waals surface area contributed by atoms with Gasteiger partial charge in [-0.3, -0.25) is 0 Å². The summed E-state index contributed by atoms with van der Waals surface area (Å²) < 4.78 is 29.1. The van der Waals surface area contributed by atoms with Crippen molar-refractivity contribution in [3.8, 4) is 0 Å². The van der Waals surface area contributed by atoms with E-state index in [-0.39, 0.29) is 6.04 Å². The van der Waals surface area contributed by atoms with Gasteiger partial charge in [0.2, 0.25) is 10.0 Å². The largest absolute Gasteiger partial charge is 0.349 e. The van der Waals surface area contributed by atoms with Crippen LogP contribution in [0.2, 0.25) is 0 Å². The van der Waals surface area contributed by atoms with Crippen LogP contribution in [0.3, 0.4) is 0 Å². The fraction of sp³-hybridized carbons (Fsp3) is 0.714. The smallest absolute Gasteiger partial charge is 0.244 e. The monoisotopic (exact) mass is 318 g/mol. The number of rotatable bonds is 5. The highest BCUT2D eigenvalue weighted by Gasteiger charge is 2.36. The Bertz CT molecular complexity index is 568. The lowest BCUT2D eigenvalue weighted by Crippen LogP contribution is -2.33. The van der Waals surface area contributed by atoms with E-state index in [1.807, 2.05) is 11.5 Å². The Labute approximate surface area is 126 Å². The molecular weight excluding hydrogens is 296 g/mol. The molecule has 0 saturated carbocycles. The third-order valence-corrected chi connectivity index (χ3v) is 6.11. The van der Waals surface area contributed by atoms with Crippen LogP contribution in [0.5, 0.6) is 0 Å². The van der Waals surface area contributed by atoms with Gasteiger partial charge in [-0.25, -0.2) is 8.42 Å². The van der Waals surface area contributed by atoms with Crippen molar-refractivity contribution in [3.05, 3.63) is 18.0 Å². The average molecular weight is 319 g/mol. The number of aromatic nitrogens is 1. The molecule has 2 rings (SSSR count). The van der Waals surface area contributed by atoms with Crippen LogP contribution in [0.1, 0.15) is 39.3 Å². The van der Waals surface area contributed by atoms with Gasteiger partial charge in [0.15, 0.2) is 0 Å². The predicted octanol–water partition coefficient (Wildman–Crippen LogP) is 3.06. The number of nitrogens with zero attached hydrogens (tertiary/aromatic N) is 2. The first-order valence-electron chi connectivity index (χ1n) is 7.17. The molecule has 1 aromatic heterocycles. The van der Waals surface area contributed by atoms with Crippen LogP contribution in [0, 0.1) is 5.92 Å². The molecule has 1 aromatic rings. The summed E-state index contributed by atoms with van der Waals surface area (Å²) in [7, 11) is -3.40. The van der Waals surface area contributed by atoms with Gasteiger partial charge in [0.05, 0.1) is 5.88 Å². The van der Waals surface area contributed by atoms with E-state index in [1.165, 1.54) is 0 Å². The second-order valence-electron chi connectivity index (χ2n) is 5.76. The summed E-state index contributed by atoms with van der Waals surface area (Å²) in [4.78, 5) is 0.377. The second-order valence-corrected chi connectivity index (χ2v) is 7.92. The Morgan fingerprint density at radius 3 is 2.60 bits per heavy atom. The van der Waals surface area contributed by atoms with Crippen LogP contribution in [0.4, 0.5) is 0 Å². The van der Waals surface area contributed by atoms with E-state index in [0.717, 1.165) is 25.1 Å². The molecule has 0 aromatic carbocycles. The Balaban J connectivity index is 2.34. The van der Waals surface area contributed by atoms with Crippen LogP contribution in [0.25, 0.3) is 0 Å². The molecule has 0 N–H and O–H groups in total. The maximum absolute atomic E-state index is 12.7. The van der Waals surface area contributed by atoms with E-state index in [4.69, 9.17) is 11.6 Å². The molecule has 0 amide bonds. The van der Waals surface area contributed by atoms with E-state index < -0.39 is 10.0 Å². The molecule has 20 heavy (non-hydrogen) atoms. The zero-order valence-electron chi connectivity index (χ0n) is 12.3. The van der Waals surface area contributed by atoms with Crippen molar-refractivity contribution in [2.45, 2.75) is 57.0 Å². The van der Waals surface area contributed by atoms with Gasteiger partial charge in [-0.2, -0.15) is 4.31 Å². The normalized spacial score (nSPS) is 24.4. The number of hydrogen-bond acceptors (Lipinski definition) is 2. The maximum atomic E-state index is 12.7. The molecule has 0 radical (unpaired) electrons. The van der Waals surface area contributed by atoms with Crippen molar-refractivity contribution < 1.29 is 8.42 Å². The van der Waals surface area contributed by atoms with Crippen molar-refractivity contribution in [1.29, 1.82) is 0 Å². The number of alkyl halides is 1. The number of aryl methyl sites for hydroxylation is 1. The summed E-state index contributed by atoms with van der Waals surface area (Å²) >= 11 is 5.91. The Morgan fingerprint density at radius 1 is 1.40 bits per heavy atom. The van der Waals surface area contributed by atoms with E-state index >= 15 is 0 Å². The highest BCUT2D eigenvalue weighted by atomic mass is 35.5. The zero-order chi connectivity index (χ0) is 14.9. The van der Waals surface area contributed by atoms with E-state index in [1.54, 1.807) is 16.6 Å². The Kier molecular flexibility index (Phi) is 4.82. The minimum atomic E-state index is -3.40. The Hall–Kier alpha value is -0.520. The van der Waals surface area contributed by atoms with Crippen molar-refractivity contribution in [2.24, 2.45) is 5.92 Å². The predicted molar refractivity (Wildman–Crippen MR) is 81.4 cm³/mol. The van der Waals surface area contributed by atoms with Gasteiger partial charge >= 0.3 is 0 Å². The summed E-state index contributed by atoms with van der Waals surface area (Å²) in [6.07, 6.45) is 3.61. The molecule has 0 aliphatic carbocycles. The van der Waals surface area contributed by atoms with Crippen molar-refractivity contribution in [2.75, 3.05) is 6.54 Å². The number of hydrogen-bond donors (Lipinski definition) is 0. The summed E-state index contributed by atoms with van der Waals surface area (Å²) in [5.74, 6) is 0.756. The van der Waals surface area contributed by atoms with Gasteiger partial charge in [0.25, 0.3) is 0 Å². The maximum Gasteiger partial charge on any atom is 0.244 e. The first-order valence-corrected chi connectivity index (χ1v) is 9.14. The summed E-state index contributed by atoms with van der Waals surface area (Å²) in [5, 5.41) is 0. The minimum Gasteiger partial charge on any atom is -0.349 e.